The van der Waals surface area contributed by atoms with Crippen molar-refractivity contribution in [2.24, 2.45) is 0 Å². The molecule has 1 aromatic carbocycles. The second kappa shape index (κ2) is 8.63. The molecule has 10 heteroatoms. The van der Waals surface area contributed by atoms with Gasteiger partial charge in [0, 0.05) is 6.42 Å². The molecule has 1 aromatic rings. The van der Waals surface area contributed by atoms with Crippen LogP contribution in [0.25, 0.3) is 0 Å². The minimum absolute atomic E-state index is 0.167. The second-order valence-electron chi connectivity index (χ2n) is 5.02. The van der Waals surface area contributed by atoms with Crippen LogP contribution in [-0.4, -0.2) is 37.3 Å². The van der Waals surface area contributed by atoms with Crippen LogP contribution in [0.15, 0.2) is 30.3 Å². The summed E-state index contributed by atoms with van der Waals surface area (Å²) in [6, 6.07) is 6.71. The number of carbonyl (C=O) groups is 2. The molecule has 0 saturated heterocycles. The maximum absolute atomic E-state index is 12.9. The smallest absolute Gasteiger partial charge is 0.453 e. The topological polar surface area (TPSA) is 64.6 Å². The summed E-state index contributed by atoms with van der Waals surface area (Å²) in [7, 11) is 0.911. The molecule has 5 nitrogen and oxygen atoms in total. The van der Waals surface area contributed by atoms with E-state index >= 15 is 0 Å². The number of esters is 1. The molecule has 0 bridgehead atoms. The van der Waals surface area contributed by atoms with E-state index in [0.717, 1.165) is 7.11 Å². The third kappa shape index (κ3) is 6.55. The van der Waals surface area contributed by atoms with Crippen molar-refractivity contribution in [3.05, 3.63) is 35.9 Å². The van der Waals surface area contributed by atoms with E-state index in [-0.39, 0.29) is 6.61 Å². The average molecular weight is 369 g/mol. The number of hydrogen-bond acceptors (Lipinski definition) is 4. The van der Waals surface area contributed by atoms with E-state index < -0.39 is 43.0 Å². The number of rotatable bonds is 7. The maximum Gasteiger partial charge on any atom is 0.453 e. The van der Waals surface area contributed by atoms with Crippen LogP contribution >= 0.6 is 0 Å². The zero-order valence-corrected chi connectivity index (χ0v) is 13.1. The molecule has 0 spiro atoms. The summed E-state index contributed by atoms with van der Waals surface area (Å²) in [4.78, 5) is 23.1. The maximum atomic E-state index is 12.9. The van der Waals surface area contributed by atoms with Gasteiger partial charge in [-0.1, -0.05) is 30.3 Å². The molecule has 0 aliphatic carbocycles. The fraction of sp³-hybridized carbons (Fsp3) is 0.467. The number of nitrogens with one attached hydrogen (secondary N) is 1. The molecule has 0 aromatic heterocycles. The molecule has 1 rings (SSSR count). The van der Waals surface area contributed by atoms with Crippen LogP contribution in [-0.2, 0) is 20.9 Å². The van der Waals surface area contributed by atoms with Gasteiger partial charge in [-0.05, 0) is 12.0 Å². The highest BCUT2D eigenvalue weighted by molar-refractivity contribution is 5.81. The molecule has 0 heterocycles. The van der Waals surface area contributed by atoms with Crippen molar-refractivity contribution in [1.29, 1.82) is 0 Å². The summed E-state index contributed by atoms with van der Waals surface area (Å²) in [6.07, 6.45) is -9.55. The summed E-state index contributed by atoms with van der Waals surface area (Å²) < 4.78 is 71.4. The van der Waals surface area contributed by atoms with Gasteiger partial charge in [0.05, 0.1) is 7.11 Å². The number of benzene rings is 1. The van der Waals surface area contributed by atoms with Crippen molar-refractivity contribution in [2.45, 2.75) is 37.6 Å². The van der Waals surface area contributed by atoms with Gasteiger partial charge < -0.3 is 14.8 Å². The monoisotopic (exact) mass is 369 g/mol. The normalized spacial score (nSPS) is 13.0. The SMILES string of the molecule is COC(=O)[C@H](CCC(F)(F)C(F)(F)F)NC(=O)OCc1ccccc1. The molecule has 1 amide bonds. The zero-order valence-electron chi connectivity index (χ0n) is 13.1. The molecule has 0 fully saturated rings. The van der Waals surface area contributed by atoms with Gasteiger partial charge in [0.25, 0.3) is 0 Å². The van der Waals surface area contributed by atoms with Crippen molar-refractivity contribution >= 4 is 12.1 Å². The van der Waals surface area contributed by atoms with Crippen LogP contribution in [0.3, 0.4) is 0 Å². The third-order valence-corrected chi connectivity index (χ3v) is 3.15. The van der Waals surface area contributed by atoms with Crippen molar-refractivity contribution in [3.8, 4) is 0 Å². The van der Waals surface area contributed by atoms with E-state index in [1.807, 2.05) is 5.32 Å². The fourth-order valence-electron chi connectivity index (χ4n) is 1.77. The number of carbonyl (C=O) groups excluding carboxylic acids is 2. The van der Waals surface area contributed by atoms with E-state index in [9.17, 15) is 31.5 Å². The molecule has 0 saturated carbocycles. The van der Waals surface area contributed by atoms with Gasteiger partial charge in [-0.15, -0.1) is 0 Å². The van der Waals surface area contributed by atoms with Crippen LogP contribution in [0.4, 0.5) is 26.7 Å². The average Bonchev–Trinajstić information content (AvgIpc) is 2.56. The van der Waals surface area contributed by atoms with Gasteiger partial charge in [-0.25, -0.2) is 9.59 Å². The summed E-state index contributed by atoms with van der Waals surface area (Å²) in [5.74, 6) is -6.15. The highest BCUT2D eigenvalue weighted by atomic mass is 19.4. The number of amides is 1. The molecule has 25 heavy (non-hydrogen) atoms. The Hall–Kier alpha value is -2.39. The first-order valence-corrected chi connectivity index (χ1v) is 7.06. The van der Waals surface area contributed by atoms with Crippen LogP contribution in [0.5, 0.6) is 0 Å². The van der Waals surface area contributed by atoms with Crippen molar-refractivity contribution < 1.29 is 41.0 Å². The van der Waals surface area contributed by atoms with E-state index in [4.69, 9.17) is 4.74 Å². The van der Waals surface area contributed by atoms with Crippen LogP contribution in [0, 0.1) is 0 Å². The summed E-state index contributed by atoms with van der Waals surface area (Å²) >= 11 is 0. The zero-order chi connectivity index (χ0) is 19.1. The quantitative estimate of drug-likeness (QED) is 0.591. The van der Waals surface area contributed by atoms with Gasteiger partial charge in [-0.3, -0.25) is 0 Å². The largest absolute Gasteiger partial charge is 0.467 e. The molecule has 0 unspecified atom stereocenters. The molecule has 1 N–H and O–H groups in total. The Balaban J connectivity index is 2.61. The lowest BCUT2D eigenvalue weighted by molar-refractivity contribution is -0.284. The number of halogens is 5. The van der Waals surface area contributed by atoms with Crippen molar-refractivity contribution in [2.75, 3.05) is 7.11 Å². The standard InChI is InChI=1S/C15H16F5NO4/c1-24-12(22)11(7-8-14(16,17)15(18,19)20)21-13(23)25-9-10-5-3-2-4-6-10/h2-6,11H,7-9H2,1H3,(H,21,23)/t11-/m0/s1. The Labute approximate surface area is 140 Å². The van der Waals surface area contributed by atoms with Gasteiger partial charge in [0.15, 0.2) is 0 Å². The van der Waals surface area contributed by atoms with Crippen molar-refractivity contribution in [3.63, 3.8) is 0 Å². The Morgan fingerprint density at radius 2 is 1.72 bits per heavy atom. The van der Waals surface area contributed by atoms with Gasteiger partial charge in [-0.2, -0.15) is 22.0 Å². The number of hydrogen-bond donors (Lipinski definition) is 1. The predicted octanol–water partition coefficient (Wildman–Crippen LogP) is 3.43. The fourth-order valence-corrected chi connectivity index (χ4v) is 1.77. The lowest BCUT2D eigenvalue weighted by atomic mass is 10.1. The van der Waals surface area contributed by atoms with Crippen LogP contribution in [0.1, 0.15) is 18.4 Å². The molecule has 1 atom stereocenters. The lowest BCUT2D eigenvalue weighted by Crippen LogP contribution is -2.44. The first kappa shape index (κ1) is 20.7. The number of alkyl carbamates (subject to hydrolysis) is 1. The molecule has 0 radical (unpaired) electrons. The Bertz CT molecular complexity index is 577. The highest BCUT2D eigenvalue weighted by Crippen LogP contribution is 2.39. The Kier molecular flexibility index (Phi) is 7.13. The Morgan fingerprint density at radius 3 is 2.24 bits per heavy atom. The first-order valence-electron chi connectivity index (χ1n) is 7.06. The first-order chi connectivity index (χ1) is 11.6. The Morgan fingerprint density at radius 1 is 1.12 bits per heavy atom. The van der Waals surface area contributed by atoms with E-state index in [2.05, 4.69) is 4.74 Å². The summed E-state index contributed by atoms with van der Waals surface area (Å²) in [6.45, 7) is -0.167. The minimum Gasteiger partial charge on any atom is -0.467 e. The third-order valence-electron chi connectivity index (χ3n) is 3.15. The number of ether oxygens (including phenoxy) is 2. The van der Waals surface area contributed by atoms with Crippen LogP contribution < -0.4 is 5.32 Å². The minimum atomic E-state index is -5.75. The van der Waals surface area contributed by atoms with Crippen LogP contribution in [0.2, 0.25) is 0 Å². The van der Waals surface area contributed by atoms with E-state index in [1.54, 1.807) is 30.3 Å². The molecular weight excluding hydrogens is 353 g/mol. The van der Waals surface area contributed by atoms with Crippen molar-refractivity contribution in [1.82, 2.24) is 5.32 Å². The predicted molar refractivity (Wildman–Crippen MR) is 75.8 cm³/mol. The molecule has 140 valence electrons. The van der Waals surface area contributed by atoms with E-state index in [1.165, 1.54) is 0 Å². The second-order valence-corrected chi connectivity index (χ2v) is 5.02. The summed E-state index contributed by atoms with van der Waals surface area (Å²) in [5.41, 5.74) is 0.621. The van der Waals surface area contributed by atoms with Gasteiger partial charge in [0.2, 0.25) is 0 Å². The van der Waals surface area contributed by atoms with Gasteiger partial charge in [0.1, 0.15) is 12.6 Å². The van der Waals surface area contributed by atoms with E-state index in [0.29, 0.717) is 5.56 Å². The van der Waals surface area contributed by atoms with Gasteiger partial charge >= 0.3 is 24.2 Å². The highest BCUT2D eigenvalue weighted by Gasteiger charge is 2.57. The number of methoxy groups -OCH3 is 1. The molecule has 0 aliphatic heterocycles. The molecule has 0 aliphatic rings. The lowest BCUT2D eigenvalue weighted by Gasteiger charge is -2.22. The number of alkyl halides is 5. The molecular formula is C15H16F5NO4. The summed E-state index contributed by atoms with van der Waals surface area (Å²) in [5, 5.41) is 1.93.